The van der Waals surface area contributed by atoms with Gasteiger partial charge in [0.25, 0.3) is 0 Å². The van der Waals surface area contributed by atoms with Crippen LogP contribution in [0.15, 0.2) is 0 Å². The molecule has 0 aromatic carbocycles. The summed E-state index contributed by atoms with van der Waals surface area (Å²) in [6, 6.07) is 0. The lowest BCUT2D eigenvalue weighted by molar-refractivity contribution is 0.603. The minimum Gasteiger partial charge on any atom is -0.107 e. The molecule has 1 heteroatoms. The van der Waals surface area contributed by atoms with E-state index in [1.807, 2.05) is 0 Å². The normalized spacial score (nSPS) is 13.0. The van der Waals surface area contributed by atoms with Gasteiger partial charge in [-0.15, -0.1) is 7.92 Å². The highest BCUT2D eigenvalue weighted by atomic mass is 31.1. The van der Waals surface area contributed by atoms with E-state index in [1.54, 1.807) is 6.16 Å². The minimum atomic E-state index is 0.414. The first kappa shape index (κ1) is 15.4. The first-order valence-corrected chi connectivity index (χ1v) is 8.97. The first-order valence-electron chi connectivity index (χ1n) is 7.07. The monoisotopic (exact) mass is 230 g/mol. The summed E-state index contributed by atoms with van der Waals surface area (Å²) in [4.78, 5) is 0. The van der Waals surface area contributed by atoms with Crippen molar-refractivity contribution < 1.29 is 0 Å². The lowest BCUT2D eigenvalue weighted by Gasteiger charge is -2.14. The number of hydrogen-bond donors (Lipinski definition) is 0. The van der Waals surface area contributed by atoms with Crippen molar-refractivity contribution in [3.8, 4) is 0 Å². The highest BCUT2D eigenvalue weighted by molar-refractivity contribution is 7.57. The van der Waals surface area contributed by atoms with E-state index in [2.05, 4.69) is 20.8 Å². The molecule has 0 aliphatic rings. The molecule has 0 heterocycles. The van der Waals surface area contributed by atoms with Crippen LogP contribution >= 0.6 is 7.92 Å². The second kappa shape index (κ2) is 12.5. The fraction of sp³-hybridized carbons (Fsp3) is 1.00. The van der Waals surface area contributed by atoms with Crippen LogP contribution in [0, 0.1) is 0 Å². The Kier molecular flexibility index (Phi) is 12.9. The van der Waals surface area contributed by atoms with E-state index >= 15 is 0 Å². The standard InChI is InChI=1S/C14H31P/c1-4-7-8-9-10-11-12-14-15(6-3)13-5-2/h4-14H2,1-3H3. The van der Waals surface area contributed by atoms with Gasteiger partial charge < -0.3 is 0 Å². The Hall–Kier alpha value is 0.430. The zero-order chi connectivity index (χ0) is 11.4. The summed E-state index contributed by atoms with van der Waals surface area (Å²) in [5, 5.41) is 0. The van der Waals surface area contributed by atoms with Gasteiger partial charge in [0.15, 0.2) is 0 Å². The summed E-state index contributed by atoms with van der Waals surface area (Å²) in [5.74, 6) is 0. The molecular formula is C14H31P. The summed E-state index contributed by atoms with van der Waals surface area (Å²) < 4.78 is 0. The van der Waals surface area contributed by atoms with Crippen LogP contribution in [-0.4, -0.2) is 18.5 Å². The Morgan fingerprint density at radius 1 is 0.600 bits per heavy atom. The van der Waals surface area contributed by atoms with Crippen molar-refractivity contribution in [2.45, 2.75) is 72.1 Å². The van der Waals surface area contributed by atoms with Crippen LogP contribution in [0.5, 0.6) is 0 Å². The maximum Gasteiger partial charge on any atom is -0.0326 e. The third kappa shape index (κ3) is 10.7. The number of unbranched alkanes of at least 4 members (excludes halogenated alkanes) is 6. The summed E-state index contributed by atoms with van der Waals surface area (Å²) in [6.07, 6.45) is 16.2. The van der Waals surface area contributed by atoms with Gasteiger partial charge in [-0.1, -0.05) is 65.7 Å². The van der Waals surface area contributed by atoms with Crippen LogP contribution in [0.4, 0.5) is 0 Å². The molecule has 15 heavy (non-hydrogen) atoms. The number of rotatable bonds is 11. The molecule has 0 N–H and O–H groups in total. The molecule has 0 fully saturated rings. The van der Waals surface area contributed by atoms with Gasteiger partial charge in [0, 0.05) is 0 Å². The van der Waals surface area contributed by atoms with Crippen molar-refractivity contribution >= 4 is 7.92 Å². The Bertz CT molecular complexity index is 112. The first-order chi connectivity index (χ1) is 7.35. The van der Waals surface area contributed by atoms with E-state index in [9.17, 15) is 0 Å². The van der Waals surface area contributed by atoms with Gasteiger partial charge in [0.2, 0.25) is 0 Å². The summed E-state index contributed by atoms with van der Waals surface area (Å²) in [5.41, 5.74) is 0. The lowest BCUT2D eigenvalue weighted by Crippen LogP contribution is -1.92. The Balaban J connectivity index is 3.14. The van der Waals surface area contributed by atoms with E-state index in [-0.39, 0.29) is 0 Å². The Labute approximate surface area is 99.0 Å². The Morgan fingerprint density at radius 2 is 1.20 bits per heavy atom. The topological polar surface area (TPSA) is 0 Å². The van der Waals surface area contributed by atoms with Crippen molar-refractivity contribution in [2.75, 3.05) is 18.5 Å². The van der Waals surface area contributed by atoms with Gasteiger partial charge in [-0.05, 0) is 24.9 Å². The highest BCUT2D eigenvalue weighted by Crippen LogP contribution is 2.36. The molecule has 1 atom stereocenters. The molecule has 0 spiro atoms. The molecule has 0 saturated heterocycles. The SMILES string of the molecule is CCCCCCCCCP(CC)CCC. The Morgan fingerprint density at radius 3 is 1.73 bits per heavy atom. The zero-order valence-corrected chi connectivity index (χ0v) is 12.1. The van der Waals surface area contributed by atoms with E-state index in [4.69, 9.17) is 0 Å². The average Bonchev–Trinajstić information content (AvgIpc) is 2.26. The van der Waals surface area contributed by atoms with Crippen LogP contribution < -0.4 is 0 Å². The fourth-order valence-electron chi connectivity index (χ4n) is 2.04. The fourth-order valence-corrected chi connectivity index (χ4v) is 4.20. The molecule has 0 saturated carbocycles. The molecule has 0 aromatic rings. The average molecular weight is 230 g/mol. The van der Waals surface area contributed by atoms with Gasteiger partial charge in [-0.3, -0.25) is 0 Å². The molecule has 1 unspecified atom stereocenters. The van der Waals surface area contributed by atoms with Crippen LogP contribution in [0.2, 0.25) is 0 Å². The van der Waals surface area contributed by atoms with E-state index in [0.717, 1.165) is 0 Å². The molecule has 92 valence electrons. The molecule has 0 aliphatic carbocycles. The van der Waals surface area contributed by atoms with Crippen molar-refractivity contribution in [3.63, 3.8) is 0 Å². The van der Waals surface area contributed by atoms with E-state index in [1.165, 1.54) is 63.7 Å². The molecule has 0 bridgehead atoms. The van der Waals surface area contributed by atoms with Gasteiger partial charge in [-0.25, -0.2) is 0 Å². The van der Waals surface area contributed by atoms with Crippen molar-refractivity contribution in [1.29, 1.82) is 0 Å². The quantitative estimate of drug-likeness (QED) is 0.318. The van der Waals surface area contributed by atoms with Crippen molar-refractivity contribution in [3.05, 3.63) is 0 Å². The van der Waals surface area contributed by atoms with Crippen molar-refractivity contribution in [1.82, 2.24) is 0 Å². The second-order valence-corrected chi connectivity index (χ2v) is 7.42. The summed E-state index contributed by atoms with van der Waals surface area (Å²) >= 11 is 0. The van der Waals surface area contributed by atoms with Crippen LogP contribution in [-0.2, 0) is 0 Å². The maximum absolute atomic E-state index is 2.38. The van der Waals surface area contributed by atoms with Gasteiger partial charge >= 0.3 is 0 Å². The minimum absolute atomic E-state index is 0.414. The molecule has 0 aromatic heterocycles. The van der Waals surface area contributed by atoms with Crippen molar-refractivity contribution in [2.24, 2.45) is 0 Å². The van der Waals surface area contributed by atoms with Crippen LogP contribution in [0.1, 0.15) is 72.1 Å². The predicted octanol–water partition coefficient (Wildman–Crippen LogP) is 5.65. The molecular weight excluding hydrogens is 199 g/mol. The third-order valence-electron chi connectivity index (χ3n) is 3.06. The number of hydrogen-bond acceptors (Lipinski definition) is 0. The maximum atomic E-state index is 2.38. The van der Waals surface area contributed by atoms with E-state index in [0.29, 0.717) is 7.92 Å². The van der Waals surface area contributed by atoms with Gasteiger partial charge in [-0.2, -0.15) is 0 Å². The summed E-state index contributed by atoms with van der Waals surface area (Å²) in [7, 11) is 0.414. The van der Waals surface area contributed by atoms with Crippen LogP contribution in [0.25, 0.3) is 0 Å². The highest BCUT2D eigenvalue weighted by Gasteiger charge is 2.02. The molecule has 0 radical (unpaired) electrons. The van der Waals surface area contributed by atoms with Gasteiger partial charge in [0.1, 0.15) is 0 Å². The predicted molar refractivity (Wildman–Crippen MR) is 75.5 cm³/mol. The zero-order valence-electron chi connectivity index (χ0n) is 11.2. The second-order valence-electron chi connectivity index (χ2n) is 4.56. The largest absolute Gasteiger partial charge is 0.107 e. The molecule has 0 rings (SSSR count). The van der Waals surface area contributed by atoms with E-state index < -0.39 is 0 Å². The van der Waals surface area contributed by atoms with Crippen LogP contribution in [0.3, 0.4) is 0 Å². The third-order valence-corrected chi connectivity index (χ3v) is 5.99. The van der Waals surface area contributed by atoms with Gasteiger partial charge in [0.05, 0.1) is 0 Å². The molecule has 0 nitrogen and oxygen atoms in total. The molecule has 0 aliphatic heterocycles. The molecule has 0 amide bonds. The smallest absolute Gasteiger partial charge is 0.0326 e. The lowest BCUT2D eigenvalue weighted by atomic mass is 10.1. The summed E-state index contributed by atoms with van der Waals surface area (Å²) in [6.45, 7) is 7.00.